The van der Waals surface area contributed by atoms with Crippen molar-refractivity contribution in [2.24, 2.45) is 5.41 Å². The molecule has 6 nitrogen and oxygen atoms in total. The van der Waals surface area contributed by atoms with Gasteiger partial charge >= 0.3 is 6.18 Å². The predicted molar refractivity (Wildman–Crippen MR) is 134 cm³/mol. The van der Waals surface area contributed by atoms with Crippen molar-refractivity contribution in [2.75, 3.05) is 26.3 Å². The number of nitrogens with zero attached hydrogens (tertiary/aromatic N) is 3. The zero-order valence-electron chi connectivity index (χ0n) is 20.7. The lowest BCUT2D eigenvalue weighted by Gasteiger charge is -2.46. The molecule has 0 radical (unpaired) electrons. The fourth-order valence-electron chi connectivity index (χ4n) is 5.33. The van der Waals surface area contributed by atoms with Crippen LogP contribution in [0.15, 0.2) is 65.2 Å². The molecule has 2 aromatic carbocycles. The van der Waals surface area contributed by atoms with E-state index in [1.165, 1.54) is 16.4 Å². The van der Waals surface area contributed by atoms with E-state index in [1.807, 2.05) is 13.0 Å². The summed E-state index contributed by atoms with van der Waals surface area (Å²) in [4.78, 5) is -0.168. The second-order valence-electron chi connectivity index (χ2n) is 9.63. The number of aromatic nitrogens is 2. The van der Waals surface area contributed by atoms with Gasteiger partial charge < -0.3 is 4.74 Å². The highest BCUT2D eigenvalue weighted by Gasteiger charge is 2.46. The molecule has 0 spiro atoms. The lowest BCUT2D eigenvalue weighted by Crippen LogP contribution is -2.49. The highest BCUT2D eigenvalue weighted by molar-refractivity contribution is 7.89. The summed E-state index contributed by atoms with van der Waals surface area (Å²) in [6, 6.07) is 9.67. The molecule has 3 aromatic rings. The molecule has 1 atom stereocenters. The molecule has 0 bridgehead atoms. The molecular weight excluding hydrogens is 522 g/mol. The molecule has 0 saturated carbocycles. The van der Waals surface area contributed by atoms with Crippen LogP contribution in [-0.4, -0.2) is 48.8 Å². The Morgan fingerprint density at radius 2 is 1.79 bits per heavy atom. The number of piperidine rings is 1. The maximum atomic E-state index is 13.5. The molecule has 1 aliphatic carbocycles. The van der Waals surface area contributed by atoms with Crippen LogP contribution in [0.25, 0.3) is 11.8 Å². The average Bonchev–Trinajstić information content (AvgIpc) is 3.29. The number of benzene rings is 2. The van der Waals surface area contributed by atoms with E-state index in [9.17, 15) is 26.0 Å². The molecule has 1 fully saturated rings. The van der Waals surface area contributed by atoms with Crippen molar-refractivity contribution in [2.45, 2.75) is 37.3 Å². The average molecular weight is 550 g/mol. The van der Waals surface area contributed by atoms with Crippen molar-refractivity contribution >= 4 is 16.1 Å². The van der Waals surface area contributed by atoms with Gasteiger partial charge in [0.15, 0.2) is 0 Å². The van der Waals surface area contributed by atoms with Crippen LogP contribution < -0.4 is 0 Å². The SMILES string of the molecule is CCOCCC12Cc3cnn(-c4ccc(F)cc4)c3C=C1CCN(S(=O)(=O)c1ccc(C(F)(F)F)cc1)C2. The molecule has 1 aromatic heterocycles. The molecule has 0 amide bonds. The fourth-order valence-corrected chi connectivity index (χ4v) is 6.86. The molecule has 5 rings (SSSR count). The molecule has 2 heterocycles. The van der Waals surface area contributed by atoms with Crippen molar-refractivity contribution in [1.29, 1.82) is 0 Å². The lowest BCUT2D eigenvalue weighted by molar-refractivity contribution is -0.137. The maximum Gasteiger partial charge on any atom is 0.416 e. The van der Waals surface area contributed by atoms with Crippen LogP contribution in [0.4, 0.5) is 17.6 Å². The van der Waals surface area contributed by atoms with Crippen LogP contribution in [0.1, 0.15) is 36.6 Å². The number of hydrogen-bond donors (Lipinski definition) is 0. The van der Waals surface area contributed by atoms with Crippen LogP contribution >= 0.6 is 0 Å². The van der Waals surface area contributed by atoms with E-state index < -0.39 is 27.2 Å². The van der Waals surface area contributed by atoms with E-state index in [2.05, 4.69) is 5.10 Å². The number of hydrogen-bond acceptors (Lipinski definition) is 4. The standard InChI is InChI=1S/C27H27F4N3O3S/c1-2-37-14-12-26-16-19-17-32-34(23-7-5-22(28)6-8-23)25(19)15-21(26)11-13-33(18-26)38(35,36)24-9-3-20(4-10-24)27(29,30)31/h3-10,15,17H,2,11-14,16,18H2,1H3. The Morgan fingerprint density at radius 3 is 2.45 bits per heavy atom. The van der Waals surface area contributed by atoms with Crippen LogP contribution in [0.2, 0.25) is 0 Å². The minimum absolute atomic E-state index is 0.168. The normalized spacial score (nSPS) is 20.1. The van der Waals surface area contributed by atoms with Crippen molar-refractivity contribution in [3.05, 3.63) is 82.9 Å². The first kappa shape index (κ1) is 26.6. The zero-order chi connectivity index (χ0) is 27.1. The van der Waals surface area contributed by atoms with Gasteiger partial charge in [0.05, 0.1) is 28.0 Å². The summed E-state index contributed by atoms with van der Waals surface area (Å²) in [7, 11) is -4.02. The highest BCUT2D eigenvalue weighted by Crippen LogP contribution is 2.47. The quantitative estimate of drug-likeness (QED) is 0.289. The molecular formula is C27H27F4N3O3S. The van der Waals surface area contributed by atoms with Gasteiger partial charge in [-0.05, 0) is 86.4 Å². The van der Waals surface area contributed by atoms with Crippen LogP contribution in [0, 0.1) is 11.2 Å². The van der Waals surface area contributed by atoms with Crippen LogP contribution in [0.5, 0.6) is 0 Å². The molecule has 1 unspecified atom stereocenters. The van der Waals surface area contributed by atoms with Gasteiger partial charge in [0.2, 0.25) is 10.0 Å². The van der Waals surface area contributed by atoms with E-state index in [0.717, 1.165) is 41.1 Å². The topological polar surface area (TPSA) is 64.4 Å². The zero-order valence-corrected chi connectivity index (χ0v) is 21.5. The van der Waals surface area contributed by atoms with Crippen molar-refractivity contribution in [3.8, 4) is 5.69 Å². The second-order valence-corrected chi connectivity index (χ2v) is 11.6. The Bertz CT molecular complexity index is 1450. The Morgan fingerprint density at radius 1 is 1.08 bits per heavy atom. The van der Waals surface area contributed by atoms with E-state index >= 15 is 0 Å². The van der Waals surface area contributed by atoms with Gasteiger partial charge in [0.25, 0.3) is 0 Å². The minimum atomic E-state index is -4.55. The van der Waals surface area contributed by atoms with E-state index in [-0.39, 0.29) is 23.8 Å². The summed E-state index contributed by atoms with van der Waals surface area (Å²) in [5, 5.41) is 4.52. The highest BCUT2D eigenvalue weighted by atomic mass is 32.2. The third-order valence-corrected chi connectivity index (χ3v) is 9.20. The van der Waals surface area contributed by atoms with Crippen molar-refractivity contribution in [1.82, 2.24) is 14.1 Å². The monoisotopic (exact) mass is 549 g/mol. The van der Waals surface area contributed by atoms with Crippen LogP contribution in [0.3, 0.4) is 0 Å². The van der Waals surface area contributed by atoms with Crippen LogP contribution in [-0.2, 0) is 27.4 Å². The number of rotatable bonds is 7. The number of alkyl halides is 3. The summed E-state index contributed by atoms with van der Waals surface area (Å²) < 4.78 is 88.2. The first-order chi connectivity index (χ1) is 18.0. The maximum absolute atomic E-state index is 13.5. The van der Waals surface area contributed by atoms with Gasteiger partial charge in [0.1, 0.15) is 5.82 Å². The fraction of sp³-hybridized carbons (Fsp3) is 0.370. The third kappa shape index (κ3) is 4.90. The summed E-state index contributed by atoms with van der Waals surface area (Å²) >= 11 is 0. The van der Waals surface area contributed by atoms with Crippen molar-refractivity contribution in [3.63, 3.8) is 0 Å². The summed E-state index contributed by atoms with van der Waals surface area (Å²) in [5.74, 6) is -0.343. The minimum Gasteiger partial charge on any atom is -0.382 e. The van der Waals surface area contributed by atoms with Gasteiger partial charge in [-0.1, -0.05) is 5.57 Å². The summed E-state index contributed by atoms with van der Waals surface area (Å²) in [5.41, 5.74) is 2.16. The van der Waals surface area contributed by atoms with E-state index in [4.69, 9.17) is 4.74 Å². The molecule has 1 aliphatic heterocycles. The molecule has 38 heavy (non-hydrogen) atoms. The van der Waals surface area contributed by atoms with Crippen molar-refractivity contribution < 1.29 is 30.7 Å². The third-order valence-electron chi connectivity index (χ3n) is 7.34. The van der Waals surface area contributed by atoms with Gasteiger partial charge in [-0.15, -0.1) is 0 Å². The lowest BCUT2D eigenvalue weighted by atomic mass is 9.67. The molecule has 11 heteroatoms. The summed E-state index contributed by atoms with van der Waals surface area (Å²) in [6.07, 6.45) is 0.809. The van der Waals surface area contributed by atoms with Gasteiger partial charge in [0, 0.05) is 31.7 Å². The Labute approximate surface area is 218 Å². The number of fused-ring (bicyclic) bond motifs is 2. The predicted octanol–water partition coefficient (Wildman–Crippen LogP) is 5.48. The molecule has 202 valence electrons. The van der Waals surface area contributed by atoms with E-state index in [1.54, 1.807) is 23.0 Å². The Hall–Kier alpha value is -3.02. The number of ether oxygens (including phenoxy) is 1. The first-order valence-corrected chi connectivity index (χ1v) is 13.8. The largest absolute Gasteiger partial charge is 0.416 e. The van der Waals surface area contributed by atoms with E-state index in [0.29, 0.717) is 38.2 Å². The first-order valence-electron chi connectivity index (χ1n) is 12.3. The Balaban J connectivity index is 1.47. The van der Waals surface area contributed by atoms with Gasteiger partial charge in [-0.25, -0.2) is 17.5 Å². The smallest absolute Gasteiger partial charge is 0.382 e. The Kier molecular flexibility index (Phi) is 6.95. The molecule has 0 N–H and O–H groups in total. The molecule has 1 saturated heterocycles. The van der Waals surface area contributed by atoms with Gasteiger partial charge in [-0.2, -0.15) is 22.6 Å². The van der Waals surface area contributed by atoms with Gasteiger partial charge in [-0.3, -0.25) is 0 Å². The number of halogens is 4. The number of sulfonamides is 1. The molecule has 2 aliphatic rings. The summed E-state index contributed by atoms with van der Waals surface area (Å²) in [6.45, 7) is 3.23. The second kappa shape index (κ2) is 9.94.